The van der Waals surface area contributed by atoms with Crippen LogP contribution in [-0.2, 0) is 4.74 Å². The third-order valence-electron chi connectivity index (χ3n) is 5.42. The number of carbonyl (C=O) groups is 2. The zero-order valence-electron chi connectivity index (χ0n) is 18.1. The van der Waals surface area contributed by atoms with Gasteiger partial charge in [-0.3, -0.25) is 4.79 Å². The summed E-state index contributed by atoms with van der Waals surface area (Å²) >= 11 is 0. The molecule has 1 aliphatic rings. The third-order valence-corrected chi connectivity index (χ3v) is 5.42. The number of ether oxygens (including phenoxy) is 1. The molecular weight excluding hydrogens is 411 g/mol. The first-order valence-electron chi connectivity index (χ1n) is 10.6. The Bertz CT molecular complexity index is 1140. The fourth-order valence-corrected chi connectivity index (χ4v) is 3.76. The molecule has 3 aromatic rings. The van der Waals surface area contributed by atoms with Crippen molar-refractivity contribution in [2.45, 2.75) is 13.8 Å². The van der Waals surface area contributed by atoms with Gasteiger partial charge in [0, 0.05) is 31.7 Å². The van der Waals surface area contributed by atoms with Crippen molar-refractivity contribution in [2.24, 2.45) is 0 Å². The van der Waals surface area contributed by atoms with Gasteiger partial charge in [0.15, 0.2) is 0 Å². The van der Waals surface area contributed by atoms with Gasteiger partial charge in [-0.2, -0.15) is 5.10 Å². The van der Waals surface area contributed by atoms with Gasteiger partial charge in [-0.25, -0.2) is 13.9 Å². The molecule has 2 heterocycles. The number of piperazine rings is 1. The standard InChI is InChI=1S/C24H25FN4O3/c1-3-32-24(31)28-13-11-27(12-14-28)23(30)22-16-21(19-9-4-5-10-20(19)25)26-29(22)18-8-6-7-17(2)15-18/h4-10,15-16H,3,11-14H2,1-2H3. The van der Waals surface area contributed by atoms with E-state index in [1.165, 1.54) is 6.07 Å². The third kappa shape index (κ3) is 4.34. The maximum absolute atomic E-state index is 14.4. The molecule has 0 bridgehead atoms. The molecule has 1 fully saturated rings. The van der Waals surface area contributed by atoms with Crippen LogP contribution >= 0.6 is 0 Å². The molecule has 0 radical (unpaired) electrons. The van der Waals surface area contributed by atoms with E-state index in [2.05, 4.69) is 5.10 Å². The molecule has 32 heavy (non-hydrogen) atoms. The first-order valence-corrected chi connectivity index (χ1v) is 10.6. The lowest BCUT2D eigenvalue weighted by atomic mass is 10.1. The molecule has 2 aromatic carbocycles. The summed E-state index contributed by atoms with van der Waals surface area (Å²) in [6, 6.07) is 15.6. The zero-order valence-corrected chi connectivity index (χ0v) is 18.1. The van der Waals surface area contributed by atoms with Crippen LogP contribution in [0.1, 0.15) is 23.0 Å². The Balaban J connectivity index is 1.66. The van der Waals surface area contributed by atoms with Crippen molar-refractivity contribution < 1.29 is 18.7 Å². The predicted octanol–water partition coefficient (Wildman–Crippen LogP) is 3.90. The summed E-state index contributed by atoms with van der Waals surface area (Å²) in [6.45, 7) is 5.58. The van der Waals surface area contributed by atoms with E-state index in [9.17, 15) is 14.0 Å². The molecule has 0 unspecified atom stereocenters. The minimum Gasteiger partial charge on any atom is -0.450 e. The summed E-state index contributed by atoms with van der Waals surface area (Å²) in [4.78, 5) is 28.7. The van der Waals surface area contributed by atoms with E-state index in [0.717, 1.165) is 11.3 Å². The molecule has 1 aromatic heterocycles. The molecule has 0 spiro atoms. The van der Waals surface area contributed by atoms with E-state index in [4.69, 9.17) is 4.74 Å². The molecule has 8 heteroatoms. The van der Waals surface area contributed by atoms with Crippen molar-refractivity contribution in [3.05, 3.63) is 71.7 Å². The lowest BCUT2D eigenvalue weighted by molar-refractivity contribution is 0.0563. The second kappa shape index (κ2) is 9.21. The van der Waals surface area contributed by atoms with E-state index in [1.807, 2.05) is 31.2 Å². The summed E-state index contributed by atoms with van der Waals surface area (Å²) < 4.78 is 21.0. The van der Waals surface area contributed by atoms with Gasteiger partial charge >= 0.3 is 6.09 Å². The number of aromatic nitrogens is 2. The highest BCUT2D eigenvalue weighted by molar-refractivity contribution is 5.94. The lowest BCUT2D eigenvalue weighted by Crippen LogP contribution is -2.51. The van der Waals surface area contributed by atoms with Crippen molar-refractivity contribution in [3.63, 3.8) is 0 Å². The normalized spacial score (nSPS) is 13.8. The van der Waals surface area contributed by atoms with Crippen LogP contribution in [0.4, 0.5) is 9.18 Å². The molecule has 2 amide bonds. The minimum absolute atomic E-state index is 0.217. The van der Waals surface area contributed by atoms with E-state index < -0.39 is 5.82 Å². The Kier molecular flexibility index (Phi) is 6.20. The van der Waals surface area contributed by atoms with Gasteiger partial charge < -0.3 is 14.5 Å². The summed E-state index contributed by atoms with van der Waals surface area (Å²) in [5.41, 5.74) is 2.81. The summed E-state index contributed by atoms with van der Waals surface area (Å²) in [5.74, 6) is -0.617. The number of rotatable bonds is 4. The van der Waals surface area contributed by atoms with Crippen LogP contribution in [0, 0.1) is 12.7 Å². The van der Waals surface area contributed by atoms with Crippen LogP contribution < -0.4 is 0 Å². The fraction of sp³-hybridized carbons (Fsp3) is 0.292. The Labute approximate surface area is 186 Å². The SMILES string of the molecule is CCOC(=O)N1CCN(C(=O)c2cc(-c3ccccc3F)nn2-c2cccc(C)c2)CC1. The molecule has 1 aliphatic heterocycles. The highest BCUT2D eigenvalue weighted by atomic mass is 19.1. The fourth-order valence-electron chi connectivity index (χ4n) is 3.76. The average molecular weight is 436 g/mol. The Morgan fingerprint density at radius 1 is 1.00 bits per heavy atom. The molecule has 0 saturated carbocycles. The first kappa shape index (κ1) is 21.5. The second-order valence-electron chi connectivity index (χ2n) is 7.62. The molecule has 0 N–H and O–H groups in total. The summed E-state index contributed by atoms with van der Waals surface area (Å²) in [7, 11) is 0. The van der Waals surface area contributed by atoms with Crippen molar-refractivity contribution >= 4 is 12.0 Å². The number of aryl methyl sites for hydroxylation is 1. The van der Waals surface area contributed by atoms with E-state index in [0.29, 0.717) is 49.7 Å². The molecule has 0 atom stereocenters. The minimum atomic E-state index is -0.400. The van der Waals surface area contributed by atoms with Crippen LogP contribution in [0.5, 0.6) is 0 Å². The number of amides is 2. The van der Waals surface area contributed by atoms with Gasteiger partial charge in [0.05, 0.1) is 18.0 Å². The Hall–Kier alpha value is -3.68. The maximum atomic E-state index is 14.4. The molecule has 0 aliphatic carbocycles. The van der Waals surface area contributed by atoms with Crippen LogP contribution in [0.15, 0.2) is 54.6 Å². The number of hydrogen-bond acceptors (Lipinski definition) is 4. The van der Waals surface area contributed by atoms with Gasteiger partial charge in [0.1, 0.15) is 11.5 Å². The van der Waals surface area contributed by atoms with E-state index >= 15 is 0 Å². The maximum Gasteiger partial charge on any atom is 0.409 e. The molecule has 166 valence electrons. The van der Waals surface area contributed by atoms with Crippen molar-refractivity contribution in [2.75, 3.05) is 32.8 Å². The Morgan fingerprint density at radius 2 is 1.72 bits per heavy atom. The van der Waals surface area contributed by atoms with Crippen molar-refractivity contribution in [3.8, 4) is 16.9 Å². The van der Waals surface area contributed by atoms with Crippen LogP contribution in [0.3, 0.4) is 0 Å². The van der Waals surface area contributed by atoms with Crippen LogP contribution in [0.2, 0.25) is 0 Å². The second-order valence-corrected chi connectivity index (χ2v) is 7.62. The highest BCUT2D eigenvalue weighted by Crippen LogP contribution is 2.25. The quantitative estimate of drug-likeness (QED) is 0.622. The predicted molar refractivity (Wildman–Crippen MR) is 118 cm³/mol. The number of halogens is 1. The lowest BCUT2D eigenvalue weighted by Gasteiger charge is -2.34. The number of benzene rings is 2. The molecule has 7 nitrogen and oxygen atoms in total. The molecule has 4 rings (SSSR count). The number of nitrogens with zero attached hydrogens (tertiary/aromatic N) is 4. The van der Waals surface area contributed by atoms with Gasteiger partial charge in [-0.05, 0) is 49.7 Å². The van der Waals surface area contributed by atoms with Crippen molar-refractivity contribution in [1.29, 1.82) is 0 Å². The Morgan fingerprint density at radius 3 is 2.41 bits per heavy atom. The van der Waals surface area contributed by atoms with Gasteiger partial charge in [-0.15, -0.1) is 0 Å². The molecular formula is C24H25FN4O3. The van der Waals surface area contributed by atoms with E-state index in [-0.39, 0.29) is 12.0 Å². The van der Waals surface area contributed by atoms with Gasteiger partial charge in [0.25, 0.3) is 5.91 Å². The van der Waals surface area contributed by atoms with Crippen LogP contribution in [-0.4, -0.2) is 64.4 Å². The smallest absolute Gasteiger partial charge is 0.409 e. The first-order chi connectivity index (χ1) is 15.5. The summed E-state index contributed by atoms with van der Waals surface area (Å²) in [5, 5.41) is 4.58. The summed E-state index contributed by atoms with van der Waals surface area (Å²) in [6.07, 6.45) is -0.369. The van der Waals surface area contributed by atoms with Gasteiger partial charge in [0.2, 0.25) is 0 Å². The number of hydrogen-bond donors (Lipinski definition) is 0. The zero-order chi connectivity index (χ0) is 22.7. The van der Waals surface area contributed by atoms with E-state index in [1.54, 1.807) is 45.7 Å². The average Bonchev–Trinajstić information content (AvgIpc) is 3.24. The van der Waals surface area contributed by atoms with Crippen molar-refractivity contribution in [1.82, 2.24) is 19.6 Å². The largest absolute Gasteiger partial charge is 0.450 e. The van der Waals surface area contributed by atoms with Gasteiger partial charge in [-0.1, -0.05) is 24.3 Å². The monoisotopic (exact) mass is 436 g/mol. The highest BCUT2D eigenvalue weighted by Gasteiger charge is 2.28. The molecule has 1 saturated heterocycles. The topological polar surface area (TPSA) is 67.7 Å². The van der Waals surface area contributed by atoms with Crippen LogP contribution in [0.25, 0.3) is 16.9 Å². The number of carbonyl (C=O) groups excluding carboxylic acids is 2.